The second-order valence-electron chi connectivity index (χ2n) is 10.1. The highest BCUT2D eigenvalue weighted by Crippen LogP contribution is 2.28. The van der Waals surface area contributed by atoms with Crippen LogP contribution in [0.1, 0.15) is 65.6 Å². The number of nitrogens with one attached hydrogen (secondary N) is 2. The first-order valence-corrected chi connectivity index (χ1v) is 11.6. The Kier molecular flexibility index (Phi) is 8.83. The molecule has 0 aromatic heterocycles. The van der Waals surface area contributed by atoms with E-state index in [-0.39, 0.29) is 23.8 Å². The molecule has 0 saturated heterocycles. The van der Waals surface area contributed by atoms with Crippen molar-refractivity contribution in [1.29, 1.82) is 0 Å². The molecule has 7 nitrogen and oxygen atoms in total. The first kappa shape index (κ1) is 26.6. The zero-order chi connectivity index (χ0) is 24.9. The molecule has 2 N–H and O–H groups in total. The molecule has 1 heterocycles. The van der Waals surface area contributed by atoms with E-state index in [1.54, 1.807) is 31.9 Å². The van der Waals surface area contributed by atoms with Gasteiger partial charge in [0.25, 0.3) is 0 Å². The highest BCUT2D eigenvalue weighted by molar-refractivity contribution is 5.92. The zero-order valence-electron chi connectivity index (χ0n) is 21.2. The average Bonchev–Trinajstić information content (AvgIpc) is 3.18. The first-order chi connectivity index (χ1) is 15.4. The summed E-state index contributed by atoms with van der Waals surface area (Å²) < 4.78 is 5.09. The molecule has 1 aliphatic heterocycles. The molecule has 0 fully saturated rings. The summed E-state index contributed by atoms with van der Waals surface area (Å²) in [5.74, 6) is -0.756. The van der Waals surface area contributed by atoms with Crippen molar-refractivity contribution in [3.05, 3.63) is 47.0 Å². The highest BCUT2D eigenvalue weighted by Gasteiger charge is 2.39. The Balaban J connectivity index is 2.26. The van der Waals surface area contributed by atoms with Crippen molar-refractivity contribution in [2.24, 2.45) is 11.3 Å². The molecule has 0 bridgehead atoms. The van der Waals surface area contributed by atoms with Crippen LogP contribution in [0.2, 0.25) is 0 Å². The molecule has 2 unspecified atom stereocenters. The Morgan fingerprint density at radius 1 is 1.24 bits per heavy atom. The van der Waals surface area contributed by atoms with Gasteiger partial charge in [0, 0.05) is 19.2 Å². The number of ether oxygens (including phenoxy) is 1. The molecule has 1 aromatic carbocycles. The summed E-state index contributed by atoms with van der Waals surface area (Å²) in [6.07, 6.45) is 1.77. The molecule has 2 amide bonds. The number of hydrogen-bond acceptors (Lipinski definition) is 5. The van der Waals surface area contributed by atoms with E-state index in [1.807, 2.05) is 58.9 Å². The van der Waals surface area contributed by atoms with E-state index < -0.39 is 23.5 Å². The van der Waals surface area contributed by atoms with Crippen molar-refractivity contribution < 1.29 is 19.1 Å². The fraction of sp³-hybridized carbons (Fsp3) is 0.577. The van der Waals surface area contributed by atoms with Gasteiger partial charge in [-0.1, -0.05) is 65.0 Å². The summed E-state index contributed by atoms with van der Waals surface area (Å²) in [6.45, 7) is 14.2. The predicted octanol–water partition coefficient (Wildman–Crippen LogP) is 3.35. The van der Waals surface area contributed by atoms with Crippen molar-refractivity contribution in [3.8, 4) is 0 Å². The number of hydrogen-bond donors (Lipinski definition) is 2. The summed E-state index contributed by atoms with van der Waals surface area (Å²) in [7, 11) is 1.72. The van der Waals surface area contributed by atoms with Gasteiger partial charge < -0.3 is 15.0 Å². The van der Waals surface area contributed by atoms with Gasteiger partial charge in [-0.2, -0.15) is 0 Å². The summed E-state index contributed by atoms with van der Waals surface area (Å²) in [5.41, 5.74) is 1.98. The molecular formula is C26H39N3O4. The number of carbonyl (C=O) groups is 3. The van der Waals surface area contributed by atoms with Crippen LogP contribution in [0.5, 0.6) is 0 Å². The monoisotopic (exact) mass is 457 g/mol. The molecule has 0 aliphatic carbocycles. The Labute approximate surface area is 197 Å². The van der Waals surface area contributed by atoms with Crippen LogP contribution in [0.15, 0.2) is 35.9 Å². The van der Waals surface area contributed by atoms with Crippen LogP contribution in [0.25, 0.3) is 0 Å². The van der Waals surface area contributed by atoms with E-state index in [0.717, 1.165) is 11.1 Å². The van der Waals surface area contributed by atoms with Gasteiger partial charge in [0.05, 0.1) is 12.6 Å². The van der Waals surface area contributed by atoms with E-state index in [1.165, 1.54) is 0 Å². The molecule has 0 saturated carbocycles. The van der Waals surface area contributed by atoms with Crippen LogP contribution < -0.4 is 10.6 Å². The number of fused-ring (bicyclic) bond motifs is 1. The Morgan fingerprint density at radius 2 is 1.88 bits per heavy atom. The van der Waals surface area contributed by atoms with Crippen LogP contribution >= 0.6 is 0 Å². The second-order valence-corrected chi connectivity index (χ2v) is 10.1. The van der Waals surface area contributed by atoms with E-state index in [9.17, 15) is 14.4 Å². The van der Waals surface area contributed by atoms with Crippen molar-refractivity contribution >= 4 is 17.8 Å². The quantitative estimate of drug-likeness (QED) is 0.462. The number of rotatable bonds is 8. The molecule has 2 rings (SSSR count). The normalized spacial score (nSPS) is 17.8. The summed E-state index contributed by atoms with van der Waals surface area (Å²) in [5, 5.41) is 6.25. The van der Waals surface area contributed by atoms with E-state index >= 15 is 0 Å². The zero-order valence-corrected chi connectivity index (χ0v) is 21.2. The topological polar surface area (TPSA) is 87.7 Å². The maximum absolute atomic E-state index is 13.7. The minimum atomic E-state index is -0.734. The van der Waals surface area contributed by atoms with Gasteiger partial charge in [0.15, 0.2) is 0 Å². The third-order valence-electron chi connectivity index (χ3n) is 6.02. The third kappa shape index (κ3) is 6.44. The van der Waals surface area contributed by atoms with Crippen molar-refractivity contribution in [1.82, 2.24) is 15.5 Å². The van der Waals surface area contributed by atoms with E-state index in [0.29, 0.717) is 18.7 Å². The van der Waals surface area contributed by atoms with Crippen molar-refractivity contribution in [3.63, 3.8) is 0 Å². The van der Waals surface area contributed by atoms with Crippen LogP contribution in [0, 0.1) is 11.3 Å². The first-order valence-electron chi connectivity index (χ1n) is 11.6. The number of nitrogens with zero attached hydrogens (tertiary/aromatic N) is 1. The molecule has 1 aliphatic rings. The van der Waals surface area contributed by atoms with Crippen molar-refractivity contribution in [2.45, 2.75) is 73.1 Å². The molecule has 182 valence electrons. The number of esters is 1. The number of likely N-dealkylation sites (N-methyl/N-ethyl adjacent to an activating group) is 1. The second kappa shape index (κ2) is 11.0. The van der Waals surface area contributed by atoms with E-state index in [2.05, 4.69) is 10.6 Å². The summed E-state index contributed by atoms with van der Waals surface area (Å²) in [6, 6.07) is 6.26. The van der Waals surface area contributed by atoms with Crippen LogP contribution in [0.3, 0.4) is 0 Å². The Morgan fingerprint density at radius 3 is 2.45 bits per heavy atom. The lowest BCUT2D eigenvalue weighted by molar-refractivity contribution is -0.141. The van der Waals surface area contributed by atoms with Gasteiger partial charge >= 0.3 is 5.97 Å². The molecule has 0 spiro atoms. The highest BCUT2D eigenvalue weighted by atomic mass is 16.5. The largest absolute Gasteiger partial charge is 0.463 e. The lowest BCUT2D eigenvalue weighted by atomic mass is 9.84. The fourth-order valence-corrected chi connectivity index (χ4v) is 4.08. The summed E-state index contributed by atoms with van der Waals surface area (Å²) in [4.78, 5) is 40.6. The fourth-order valence-electron chi connectivity index (χ4n) is 4.08. The molecule has 33 heavy (non-hydrogen) atoms. The molecular weight excluding hydrogens is 418 g/mol. The maximum atomic E-state index is 13.7. The van der Waals surface area contributed by atoms with Crippen LogP contribution in [-0.4, -0.2) is 48.4 Å². The minimum absolute atomic E-state index is 0.0584. The number of benzene rings is 1. The molecule has 7 heteroatoms. The van der Waals surface area contributed by atoms with Gasteiger partial charge in [-0.05, 0) is 36.3 Å². The minimum Gasteiger partial charge on any atom is -0.463 e. The summed E-state index contributed by atoms with van der Waals surface area (Å²) >= 11 is 0. The lowest BCUT2D eigenvalue weighted by Gasteiger charge is -2.38. The number of amides is 2. The standard InChI is InChI=1S/C26H39N3O4/c1-9-33-25(32)17(4)14-20(16(2)3)29(8)24(31)22(26(5,6)7)28-23(30)21-19-13-11-10-12-18(19)15-27-21/h10-14,16,20-22,27H,9,15H2,1-8H3,(H,28,30)/b17-14+/t20-,21?,22?/m1/s1. The van der Waals surface area contributed by atoms with Crippen LogP contribution in [-0.2, 0) is 25.7 Å². The maximum Gasteiger partial charge on any atom is 0.333 e. The average molecular weight is 458 g/mol. The smallest absolute Gasteiger partial charge is 0.333 e. The lowest BCUT2D eigenvalue weighted by Crippen LogP contribution is -2.57. The molecule has 0 radical (unpaired) electrons. The van der Waals surface area contributed by atoms with Gasteiger partial charge in [-0.25, -0.2) is 4.79 Å². The van der Waals surface area contributed by atoms with Crippen molar-refractivity contribution in [2.75, 3.05) is 13.7 Å². The predicted molar refractivity (Wildman–Crippen MR) is 129 cm³/mol. The molecule has 1 aromatic rings. The van der Waals surface area contributed by atoms with Crippen LogP contribution in [0.4, 0.5) is 0 Å². The number of carbonyl (C=O) groups excluding carboxylic acids is 3. The Hall–Kier alpha value is -2.67. The van der Waals surface area contributed by atoms with Gasteiger partial charge in [-0.3, -0.25) is 14.9 Å². The van der Waals surface area contributed by atoms with Gasteiger partial charge in [0.1, 0.15) is 12.1 Å². The molecule has 3 atom stereocenters. The van der Waals surface area contributed by atoms with E-state index in [4.69, 9.17) is 4.74 Å². The SMILES string of the molecule is CCOC(=O)/C(C)=C/[C@H](C(C)C)N(C)C(=O)C(NC(=O)C1NCc2ccccc21)C(C)(C)C. The van der Waals surface area contributed by atoms with Gasteiger partial charge in [0.2, 0.25) is 11.8 Å². The third-order valence-corrected chi connectivity index (χ3v) is 6.02. The van der Waals surface area contributed by atoms with Gasteiger partial charge in [-0.15, -0.1) is 0 Å². The Bertz CT molecular complexity index is 901.